The largest absolute Gasteiger partial charge is 0.456 e. The zero-order valence-electron chi connectivity index (χ0n) is 20.4. The van der Waals surface area contributed by atoms with Crippen LogP contribution in [0.3, 0.4) is 0 Å². The Labute approximate surface area is 197 Å². The van der Waals surface area contributed by atoms with E-state index in [-0.39, 0.29) is 25.4 Å². The van der Waals surface area contributed by atoms with Crippen LogP contribution in [0.15, 0.2) is 35.9 Å². The molecule has 7 nitrogen and oxygen atoms in total. The van der Waals surface area contributed by atoms with Gasteiger partial charge in [-0.05, 0) is 30.0 Å². The van der Waals surface area contributed by atoms with Crippen molar-refractivity contribution in [3.05, 3.63) is 47.0 Å². The van der Waals surface area contributed by atoms with Crippen LogP contribution in [0.4, 0.5) is 0 Å². The summed E-state index contributed by atoms with van der Waals surface area (Å²) < 4.78 is 11.3. The maximum Gasteiger partial charge on any atom is 0.338 e. The van der Waals surface area contributed by atoms with Crippen LogP contribution >= 0.6 is 0 Å². The van der Waals surface area contributed by atoms with Crippen LogP contribution in [-0.4, -0.2) is 70.6 Å². The molecular formula is C26H40O7. The summed E-state index contributed by atoms with van der Waals surface area (Å²) in [5, 5.41) is 41.7. The Morgan fingerprint density at radius 2 is 1.97 bits per heavy atom. The number of ether oxygens (including phenoxy) is 2. The summed E-state index contributed by atoms with van der Waals surface area (Å²) in [6.45, 7) is 7.64. The SMILES string of the molecule is CC[C@H](/C=C(/C)C1C[C@@H](OC)C[C@H](O)C(C)(C)c2cccc(c2)C[C@H](O)[C@@H](O)C(=O)O1)CO. The number of benzene rings is 1. The molecule has 0 amide bonds. The van der Waals surface area contributed by atoms with Gasteiger partial charge in [0.15, 0.2) is 6.10 Å². The Morgan fingerprint density at radius 3 is 2.58 bits per heavy atom. The van der Waals surface area contributed by atoms with E-state index in [2.05, 4.69) is 0 Å². The van der Waals surface area contributed by atoms with Crippen molar-refractivity contribution in [2.45, 2.75) is 89.3 Å². The molecule has 7 heteroatoms. The summed E-state index contributed by atoms with van der Waals surface area (Å²) in [4.78, 5) is 12.7. The first-order valence-electron chi connectivity index (χ1n) is 11.7. The molecule has 1 aromatic carbocycles. The van der Waals surface area contributed by atoms with Gasteiger partial charge in [-0.2, -0.15) is 0 Å². The number of esters is 1. The number of hydrogen-bond donors (Lipinski definition) is 4. The van der Waals surface area contributed by atoms with Gasteiger partial charge < -0.3 is 29.9 Å². The van der Waals surface area contributed by atoms with E-state index in [0.717, 1.165) is 16.7 Å². The van der Waals surface area contributed by atoms with Gasteiger partial charge in [-0.25, -0.2) is 4.79 Å². The molecule has 0 aliphatic carbocycles. The summed E-state index contributed by atoms with van der Waals surface area (Å²) in [6.07, 6.45) is -1.71. The van der Waals surface area contributed by atoms with Crippen LogP contribution in [0.2, 0.25) is 0 Å². The van der Waals surface area contributed by atoms with Crippen molar-refractivity contribution < 1.29 is 34.7 Å². The number of methoxy groups -OCH3 is 1. The van der Waals surface area contributed by atoms with E-state index in [4.69, 9.17) is 9.47 Å². The predicted molar refractivity (Wildman–Crippen MR) is 126 cm³/mol. The summed E-state index contributed by atoms with van der Waals surface area (Å²) in [6, 6.07) is 7.46. The maximum atomic E-state index is 12.7. The predicted octanol–water partition coefficient (Wildman–Crippen LogP) is 2.27. The Hall–Kier alpha value is -1.77. The summed E-state index contributed by atoms with van der Waals surface area (Å²) in [5.41, 5.74) is 1.76. The second-order valence-electron chi connectivity index (χ2n) is 9.67. The van der Waals surface area contributed by atoms with E-state index in [9.17, 15) is 25.2 Å². The lowest BCUT2D eigenvalue weighted by Crippen LogP contribution is -2.41. The van der Waals surface area contributed by atoms with Crippen molar-refractivity contribution in [1.82, 2.24) is 0 Å². The zero-order valence-corrected chi connectivity index (χ0v) is 20.4. The van der Waals surface area contributed by atoms with Gasteiger partial charge in [0.25, 0.3) is 0 Å². The molecule has 0 spiro atoms. The van der Waals surface area contributed by atoms with Gasteiger partial charge in [0.05, 0.1) is 18.3 Å². The van der Waals surface area contributed by atoms with Gasteiger partial charge in [-0.3, -0.25) is 0 Å². The van der Waals surface area contributed by atoms with Gasteiger partial charge in [-0.15, -0.1) is 0 Å². The molecule has 1 aliphatic heterocycles. The third-order valence-electron chi connectivity index (χ3n) is 6.88. The van der Waals surface area contributed by atoms with Crippen LogP contribution in [0.1, 0.15) is 58.1 Å². The molecule has 2 bridgehead atoms. The van der Waals surface area contributed by atoms with Crippen LogP contribution in [0, 0.1) is 5.92 Å². The lowest BCUT2D eigenvalue weighted by molar-refractivity contribution is -0.165. The molecule has 2 rings (SSSR count). The van der Waals surface area contributed by atoms with Crippen molar-refractivity contribution in [2.75, 3.05) is 13.7 Å². The standard InChI is InChI=1S/C26H40O7/c1-6-17(15-27)10-16(2)22-13-20(32-5)14-23(29)26(3,4)19-9-7-8-18(11-19)12-21(28)24(30)25(31)33-22/h7-11,17,20-24,27-30H,6,12-15H2,1-5H3/b16-10-/t17-,20-,21+,22?,23+,24-/m1/s1. The molecule has 0 fully saturated rings. The minimum Gasteiger partial charge on any atom is -0.456 e. The zero-order chi connectivity index (χ0) is 24.8. The Balaban J connectivity index is 2.46. The summed E-state index contributed by atoms with van der Waals surface area (Å²) >= 11 is 0. The normalized spacial score (nSPS) is 30.3. The number of aliphatic hydroxyl groups is 4. The average Bonchev–Trinajstić information content (AvgIpc) is 2.79. The maximum absolute atomic E-state index is 12.7. The molecule has 0 saturated carbocycles. The fourth-order valence-corrected chi connectivity index (χ4v) is 4.19. The number of carbonyl (C=O) groups is 1. The molecular weight excluding hydrogens is 424 g/mol. The van der Waals surface area contributed by atoms with Gasteiger partial charge in [0.1, 0.15) is 6.10 Å². The van der Waals surface area contributed by atoms with Gasteiger partial charge in [0, 0.05) is 44.3 Å². The van der Waals surface area contributed by atoms with Crippen molar-refractivity contribution >= 4 is 5.97 Å². The first-order chi connectivity index (χ1) is 15.5. The minimum absolute atomic E-state index is 0.0335. The monoisotopic (exact) mass is 464 g/mol. The van der Waals surface area contributed by atoms with Crippen LogP contribution in [0.5, 0.6) is 0 Å². The third kappa shape index (κ3) is 7.11. The van der Waals surface area contributed by atoms with Crippen molar-refractivity contribution in [3.63, 3.8) is 0 Å². The highest BCUT2D eigenvalue weighted by Crippen LogP contribution is 2.32. The number of carbonyl (C=O) groups excluding carboxylic acids is 1. The Morgan fingerprint density at radius 1 is 1.27 bits per heavy atom. The average molecular weight is 465 g/mol. The Bertz CT molecular complexity index is 800. The van der Waals surface area contributed by atoms with E-state index in [1.807, 2.05) is 51.1 Å². The van der Waals surface area contributed by atoms with E-state index in [0.29, 0.717) is 12.8 Å². The fraction of sp³-hybridized carbons (Fsp3) is 0.654. The number of cyclic esters (lactones) is 1. The molecule has 1 aromatic rings. The fourth-order valence-electron chi connectivity index (χ4n) is 4.19. The van der Waals surface area contributed by atoms with Gasteiger partial charge >= 0.3 is 5.97 Å². The summed E-state index contributed by atoms with van der Waals surface area (Å²) in [5.74, 6) is -1.01. The molecule has 0 aromatic heterocycles. The third-order valence-corrected chi connectivity index (χ3v) is 6.88. The second-order valence-corrected chi connectivity index (χ2v) is 9.67. The van der Waals surface area contributed by atoms with E-state index in [1.165, 1.54) is 0 Å². The molecule has 4 N–H and O–H groups in total. The first kappa shape index (κ1) is 27.5. The smallest absolute Gasteiger partial charge is 0.338 e. The molecule has 186 valence electrons. The second kappa shape index (κ2) is 12.1. The van der Waals surface area contributed by atoms with E-state index in [1.54, 1.807) is 14.0 Å². The molecule has 6 atom stereocenters. The number of rotatable bonds is 5. The molecule has 1 heterocycles. The molecule has 0 saturated heterocycles. The van der Waals surface area contributed by atoms with Crippen LogP contribution in [0.25, 0.3) is 0 Å². The first-order valence-corrected chi connectivity index (χ1v) is 11.7. The number of hydrogen-bond acceptors (Lipinski definition) is 7. The number of aliphatic hydroxyl groups excluding tert-OH is 4. The van der Waals surface area contributed by atoms with Gasteiger partial charge in [-0.1, -0.05) is 51.1 Å². The van der Waals surface area contributed by atoms with Crippen molar-refractivity contribution in [1.29, 1.82) is 0 Å². The Kier molecular flexibility index (Phi) is 10.1. The van der Waals surface area contributed by atoms with Crippen LogP contribution < -0.4 is 0 Å². The van der Waals surface area contributed by atoms with E-state index < -0.39 is 41.9 Å². The topological polar surface area (TPSA) is 116 Å². The molecule has 0 radical (unpaired) electrons. The highest BCUT2D eigenvalue weighted by Gasteiger charge is 2.35. The molecule has 1 aliphatic rings. The minimum atomic E-state index is -1.70. The number of fused-ring (bicyclic) bond motifs is 2. The highest BCUT2D eigenvalue weighted by molar-refractivity contribution is 5.75. The quantitative estimate of drug-likeness (QED) is 0.390. The van der Waals surface area contributed by atoms with Crippen molar-refractivity contribution in [3.8, 4) is 0 Å². The molecule has 1 unspecified atom stereocenters. The van der Waals surface area contributed by atoms with Crippen LogP contribution in [-0.2, 0) is 26.1 Å². The molecule has 33 heavy (non-hydrogen) atoms. The summed E-state index contributed by atoms with van der Waals surface area (Å²) in [7, 11) is 1.55. The highest BCUT2D eigenvalue weighted by atomic mass is 16.6. The van der Waals surface area contributed by atoms with Crippen molar-refractivity contribution in [2.24, 2.45) is 5.92 Å². The van der Waals surface area contributed by atoms with E-state index >= 15 is 0 Å². The van der Waals surface area contributed by atoms with Gasteiger partial charge in [0.2, 0.25) is 0 Å². The lowest BCUT2D eigenvalue weighted by Gasteiger charge is -2.35. The lowest BCUT2D eigenvalue weighted by atomic mass is 9.76.